The molecule has 2 aromatic rings. The molecular weight excluding hydrogens is 232 g/mol. The highest BCUT2D eigenvalue weighted by molar-refractivity contribution is 5.62. The van der Waals surface area contributed by atoms with E-state index in [0.717, 1.165) is 13.1 Å². The molecule has 2 aromatic carbocycles. The molecule has 1 aliphatic rings. The maximum Gasteiger partial charge on any atom is 0.0446 e. The van der Waals surface area contributed by atoms with Crippen LogP contribution in [0, 0.1) is 13.8 Å². The molecule has 3 rings (SSSR count). The van der Waals surface area contributed by atoms with Gasteiger partial charge in [0.2, 0.25) is 0 Å². The minimum Gasteiger partial charge on any atom is -0.381 e. The van der Waals surface area contributed by atoms with Crippen molar-refractivity contribution in [1.82, 2.24) is 0 Å². The van der Waals surface area contributed by atoms with Crippen LogP contribution in [0.5, 0.6) is 0 Å². The Hall–Kier alpha value is -1.96. The van der Waals surface area contributed by atoms with E-state index >= 15 is 0 Å². The van der Waals surface area contributed by atoms with Gasteiger partial charge in [-0.25, -0.2) is 0 Å². The van der Waals surface area contributed by atoms with Crippen LogP contribution in [0.15, 0.2) is 36.4 Å². The average Bonchev–Trinajstić information content (AvgIpc) is 2.36. The van der Waals surface area contributed by atoms with E-state index in [0.29, 0.717) is 0 Å². The van der Waals surface area contributed by atoms with Gasteiger partial charge < -0.3 is 10.2 Å². The largest absolute Gasteiger partial charge is 0.381 e. The maximum atomic E-state index is 3.57. The molecule has 0 spiro atoms. The average molecular weight is 252 g/mol. The second-order valence-corrected chi connectivity index (χ2v) is 5.50. The van der Waals surface area contributed by atoms with Gasteiger partial charge in [-0.1, -0.05) is 35.4 Å². The molecule has 0 atom stereocenters. The molecule has 1 aliphatic heterocycles. The lowest BCUT2D eigenvalue weighted by Crippen LogP contribution is -2.22. The lowest BCUT2D eigenvalue weighted by Gasteiger charge is -2.28. The number of nitrogens with one attached hydrogen (secondary N) is 1. The molecule has 0 aromatic heterocycles. The molecule has 0 radical (unpaired) electrons. The van der Waals surface area contributed by atoms with Crippen LogP contribution >= 0.6 is 0 Å². The Bertz CT molecular complexity index is 617. The summed E-state index contributed by atoms with van der Waals surface area (Å²) in [6, 6.07) is 13.3. The molecule has 0 fully saturated rings. The van der Waals surface area contributed by atoms with Crippen LogP contribution < -0.4 is 10.2 Å². The topological polar surface area (TPSA) is 15.3 Å². The monoisotopic (exact) mass is 252 g/mol. The third-order valence-corrected chi connectivity index (χ3v) is 3.78. The smallest absolute Gasteiger partial charge is 0.0446 e. The normalized spacial score (nSPS) is 13.9. The number of nitrogens with zero attached hydrogens (tertiary/aromatic N) is 1. The summed E-state index contributed by atoms with van der Waals surface area (Å²) < 4.78 is 0. The van der Waals surface area contributed by atoms with E-state index in [1.54, 1.807) is 0 Å². The second kappa shape index (κ2) is 4.61. The van der Waals surface area contributed by atoms with Crippen LogP contribution in [0.25, 0.3) is 0 Å². The molecule has 1 N–H and O–H groups in total. The standard InChI is InChI=1S/C17H20N2/c1-12-4-6-16-15(9-12)11-19(3)17-7-5-13(2)8-14(17)10-18-16/h4-9,18H,10-11H2,1-3H3. The summed E-state index contributed by atoms with van der Waals surface area (Å²) in [4.78, 5) is 2.34. The first-order chi connectivity index (χ1) is 9.13. The van der Waals surface area contributed by atoms with Gasteiger partial charge in [-0.15, -0.1) is 0 Å². The molecule has 0 amide bonds. The summed E-state index contributed by atoms with van der Waals surface area (Å²) in [5.41, 5.74) is 7.95. The minimum absolute atomic E-state index is 0.886. The third kappa shape index (κ3) is 2.30. The third-order valence-electron chi connectivity index (χ3n) is 3.78. The number of hydrogen-bond acceptors (Lipinski definition) is 2. The molecule has 1 heterocycles. The van der Waals surface area contributed by atoms with Crippen molar-refractivity contribution in [3.8, 4) is 0 Å². The van der Waals surface area contributed by atoms with Crippen LogP contribution in [-0.2, 0) is 13.1 Å². The Balaban J connectivity index is 2.03. The first kappa shape index (κ1) is 12.1. The van der Waals surface area contributed by atoms with Crippen LogP contribution in [0.1, 0.15) is 22.3 Å². The molecule has 0 bridgehead atoms. The van der Waals surface area contributed by atoms with Crippen molar-refractivity contribution in [2.24, 2.45) is 0 Å². The quantitative estimate of drug-likeness (QED) is 0.765. The van der Waals surface area contributed by atoms with E-state index in [1.165, 1.54) is 33.6 Å². The molecule has 19 heavy (non-hydrogen) atoms. The molecule has 2 heteroatoms. The Morgan fingerprint density at radius 3 is 2.42 bits per heavy atom. The van der Waals surface area contributed by atoms with Crippen LogP contribution in [0.3, 0.4) is 0 Å². The molecule has 0 saturated heterocycles. The van der Waals surface area contributed by atoms with Crippen molar-refractivity contribution in [1.29, 1.82) is 0 Å². The van der Waals surface area contributed by atoms with Crippen molar-refractivity contribution in [3.05, 3.63) is 58.7 Å². The SMILES string of the molecule is Cc1ccc2c(c1)CN(C)c1ccc(C)cc1CN2. The number of benzene rings is 2. The lowest BCUT2D eigenvalue weighted by molar-refractivity contribution is 0.892. The zero-order chi connectivity index (χ0) is 13.4. The van der Waals surface area contributed by atoms with Gasteiger partial charge >= 0.3 is 0 Å². The Kier molecular flexibility index (Phi) is 2.94. The fourth-order valence-electron chi connectivity index (χ4n) is 2.79. The Morgan fingerprint density at radius 1 is 0.947 bits per heavy atom. The first-order valence-electron chi connectivity index (χ1n) is 6.77. The molecule has 0 aliphatic carbocycles. The van der Waals surface area contributed by atoms with Gasteiger partial charge in [-0.05, 0) is 37.1 Å². The summed E-state index contributed by atoms with van der Waals surface area (Å²) in [7, 11) is 2.17. The van der Waals surface area contributed by atoms with E-state index in [9.17, 15) is 0 Å². The first-order valence-corrected chi connectivity index (χ1v) is 6.77. The van der Waals surface area contributed by atoms with Gasteiger partial charge in [0, 0.05) is 31.5 Å². The van der Waals surface area contributed by atoms with Gasteiger partial charge in [-0.3, -0.25) is 0 Å². The number of fused-ring (bicyclic) bond motifs is 2. The van der Waals surface area contributed by atoms with Gasteiger partial charge in [0.05, 0.1) is 0 Å². The predicted molar refractivity (Wildman–Crippen MR) is 81.8 cm³/mol. The number of rotatable bonds is 0. The second-order valence-electron chi connectivity index (χ2n) is 5.50. The van der Waals surface area contributed by atoms with Crippen LogP contribution in [0.4, 0.5) is 11.4 Å². The van der Waals surface area contributed by atoms with Crippen molar-refractivity contribution in [2.45, 2.75) is 26.9 Å². The van der Waals surface area contributed by atoms with Gasteiger partial charge in [0.15, 0.2) is 0 Å². The van der Waals surface area contributed by atoms with Crippen molar-refractivity contribution in [3.63, 3.8) is 0 Å². The molecule has 0 unspecified atom stereocenters. The van der Waals surface area contributed by atoms with Gasteiger partial charge in [-0.2, -0.15) is 0 Å². The van der Waals surface area contributed by atoms with Gasteiger partial charge in [0.1, 0.15) is 0 Å². The van der Waals surface area contributed by atoms with E-state index in [-0.39, 0.29) is 0 Å². The Labute approximate surface area is 115 Å². The van der Waals surface area contributed by atoms with Crippen molar-refractivity contribution in [2.75, 3.05) is 17.3 Å². The fourth-order valence-corrected chi connectivity index (χ4v) is 2.79. The lowest BCUT2D eigenvalue weighted by atomic mass is 10.0. The predicted octanol–water partition coefficient (Wildman–Crippen LogP) is 3.87. The highest BCUT2D eigenvalue weighted by atomic mass is 15.1. The highest BCUT2D eigenvalue weighted by Crippen LogP contribution is 2.29. The summed E-state index contributed by atoms with van der Waals surface area (Å²) in [6.45, 7) is 6.13. The van der Waals surface area contributed by atoms with E-state index < -0.39 is 0 Å². The van der Waals surface area contributed by atoms with Crippen LogP contribution in [-0.4, -0.2) is 7.05 Å². The fraction of sp³-hybridized carbons (Fsp3) is 0.294. The molecule has 2 nitrogen and oxygen atoms in total. The summed E-state index contributed by atoms with van der Waals surface area (Å²) in [5.74, 6) is 0. The summed E-state index contributed by atoms with van der Waals surface area (Å²) >= 11 is 0. The molecule has 0 saturated carbocycles. The van der Waals surface area contributed by atoms with Crippen molar-refractivity contribution >= 4 is 11.4 Å². The number of aryl methyl sites for hydroxylation is 2. The zero-order valence-corrected chi connectivity index (χ0v) is 11.8. The summed E-state index contributed by atoms with van der Waals surface area (Å²) in [6.07, 6.45) is 0. The van der Waals surface area contributed by atoms with Crippen molar-refractivity contribution < 1.29 is 0 Å². The minimum atomic E-state index is 0.886. The van der Waals surface area contributed by atoms with E-state index in [4.69, 9.17) is 0 Å². The number of hydrogen-bond donors (Lipinski definition) is 1. The highest BCUT2D eigenvalue weighted by Gasteiger charge is 2.14. The van der Waals surface area contributed by atoms with E-state index in [1.807, 2.05) is 0 Å². The molecule has 98 valence electrons. The zero-order valence-electron chi connectivity index (χ0n) is 11.8. The van der Waals surface area contributed by atoms with E-state index in [2.05, 4.69) is 67.5 Å². The van der Waals surface area contributed by atoms with Gasteiger partial charge in [0.25, 0.3) is 0 Å². The maximum absolute atomic E-state index is 3.57. The summed E-state index contributed by atoms with van der Waals surface area (Å²) in [5, 5.41) is 3.57. The Morgan fingerprint density at radius 2 is 1.63 bits per heavy atom. The molecular formula is C17H20N2. The van der Waals surface area contributed by atoms with Crippen LogP contribution in [0.2, 0.25) is 0 Å². The number of anilines is 2.